The molecule has 0 radical (unpaired) electrons. The second kappa shape index (κ2) is 5.70. The first kappa shape index (κ1) is 12.6. The van der Waals surface area contributed by atoms with Crippen molar-refractivity contribution in [2.45, 2.75) is 19.9 Å². The van der Waals surface area contributed by atoms with Crippen LogP contribution in [0.25, 0.3) is 22.4 Å². The fraction of sp³-hybridized carbons (Fsp3) is 0.176. The molecule has 0 aliphatic carbocycles. The van der Waals surface area contributed by atoms with Crippen LogP contribution in [-0.4, -0.2) is 15.0 Å². The Hall–Kier alpha value is -2.42. The summed E-state index contributed by atoms with van der Waals surface area (Å²) >= 11 is 0. The van der Waals surface area contributed by atoms with Crippen molar-refractivity contribution in [3.05, 3.63) is 60.8 Å². The van der Waals surface area contributed by atoms with Gasteiger partial charge in [-0.25, -0.2) is 0 Å². The van der Waals surface area contributed by atoms with E-state index in [9.17, 15) is 0 Å². The molecule has 1 aromatic heterocycles. The van der Waals surface area contributed by atoms with Crippen molar-refractivity contribution in [2.24, 2.45) is 0 Å². The molecule has 0 saturated heterocycles. The molecule has 0 amide bonds. The van der Waals surface area contributed by atoms with Crippen LogP contribution < -0.4 is 0 Å². The Morgan fingerprint density at radius 3 is 2.20 bits per heavy atom. The molecule has 0 aliphatic heterocycles. The van der Waals surface area contributed by atoms with E-state index in [2.05, 4.69) is 65.8 Å². The topological polar surface area (TPSA) is 30.7 Å². The molecule has 3 rings (SSSR count). The standard InChI is InChI=1S/C17H17N3/c1-2-12-20-13-17(18-19-20)16-10-8-15(9-11-16)14-6-4-3-5-7-14/h3-11,13H,2,12H2,1H3. The average molecular weight is 263 g/mol. The van der Waals surface area contributed by atoms with Gasteiger partial charge >= 0.3 is 0 Å². The first-order valence-corrected chi connectivity index (χ1v) is 6.93. The van der Waals surface area contributed by atoms with E-state index in [-0.39, 0.29) is 0 Å². The van der Waals surface area contributed by atoms with Crippen molar-refractivity contribution in [2.75, 3.05) is 0 Å². The van der Waals surface area contributed by atoms with Gasteiger partial charge in [0.05, 0.1) is 6.20 Å². The van der Waals surface area contributed by atoms with Crippen LogP contribution in [0, 0.1) is 0 Å². The second-order valence-corrected chi connectivity index (χ2v) is 4.81. The lowest BCUT2D eigenvalue weighted by molar-refractivity contribution is 0.579. The van der Waals surface area contributed by atoms with E-state index >= 15 is 0 Å². The van der Waals surface area contributed by atoms with E-state index in [1.54, 1.807) is 0 Å². The maximum absolute atomic E-state index is 4.22. The zero-order valence-corrected chi connectivity index (χ0v) is 11.5. The summed E-state index contributed by atoms with van der Waals surface area (Å²) in [5.41, 5.74) is 4.48. The molecule has 0 N–H and O–H groups in total. The van der Waals surface area contributed by atoms with Gasteiger partial charge in [-0.15, -0.1) is 5.10 Å². The zero-order valence-electron chi connectivity index (χ0n) is 11.5. The number of benzene rings is 2. The maximum atomic E-state index is 4.22. The predicted octanol–water partition coefficient (Wildman–Crippen LogP) is 4.02. The molecule has 3 heteroatoms. The monoisotopic (exact) mass is 263 g/mol. The summed E-state index contributed by atoms with van der Waals surface area (Å²) in [5, 5.41) is 8.35. The van der Waals surface area contributed by atoms with Crippen LogP contribution in [-0.2, 0) is 6.54 Å². The van der Waals surface area contributed by atoms with E-state index < -0.39 is 0 Å². The molecule has 0 aliphatic rings. The van der Waals surface area contributed by atoms with Crippen molar-refractivity contribution in [1.29, 1.82) is 0 Å². The Bertz CT molecular complexity index is 669. The third-order valence-corrected chi connectivity index (χ3v) is 3.28. The van der Waals surface area contributed by atoms with Gasteiger partial charge in [-0.2, -0.15) is 0 Å². The number of hydrogen-bond acceptors (Lipinski definition) is 2. The van der Waals surface area contributed by atoms with Gasteiger partial charge in [0.2, 0.25) is 0 Å². The number of aryl methyl sites for hydroxylation is 1. The smallest absolute Gasteiger partial charge is 0.113 e. The van der Waals surface area contributed by atoms with Crippen molar-refractivity contribution < 1.29 is 0 Å². The number of rotatable bonds is 4. The largest absolute Gasteiger partial charge is 0.252 e. The minimum Gasteiger partial charge on any atom is -0.252 e. The Morgan fingerprint density at radius 2 is 1.50 bits per heavy atom. The lowest BCUT2D eigenvalue weighted by Crippen LogP contribution is -1.96. The number of nitrogens with zero attached hydrogens (tertiary/aromatic N) is 3. The molecular formula is C17H17N3. The van der Waals surface area contributed by atoms with E-state index in [0.29, 0.717) is 0 Å². The van der Waals surface area contributed by atoms with Crippen molar-refractivity contribution in [1.82, 2.24) is 15.0 Å². The Morgan fingerprint density at radius 1 is 0.850 bits per heavy atom. The highest BCUT2D eigenvalue weighted by Gasteiger charge is 2.04. The molecule has 0 unspecified atom stereocenters. The van der Waals surface area contributed by atoms with E-state index in [4.69, 9.17) is 0 Å². The molecule has 3 nitrogen and oxygen atoms in total. The fourth-order valence-corrected chi connectivity index (χ4v) is 2.23. The van der Waals surface area contributed by atoms with Crippen LogP contribution >= 0.6 is 0 Å². The van der Waals surface area contributed by atoms with Crippen LogP contribution in [0.3, 0.4) is 0 Å². The van der Waals surface area contributed by atoms with E-state index in [1.165, 1.54) is 11.1 Å². The molecule has 0 atom stereocenters. The lowest BCUT2D eigenvalue weighted by atomic mass is 10.0. The van der Waals surface area contributed by atoms with Crippen molar-refractivity contribution in [3.8, 4) is 22.4 Å². The Labute approximate surface area is 118 Å². The summed E-state index contributed by atoms with van der Waals surface area (Å²) in [7, 11) is 0. The summed E-state index contributed by atoms with van der Waals surface area (Å²) in [5.74, 6) is 0. The first-order chi connectivity index (χ1) is 9.86. The minimum atomic E-state index is 0.912. The maximum Gasteiger partial charge on any atom is 0.113 e. The van der Waals surface area contributed by atoms with Gasteiger partial charge in [0.25, 0.3) is 0 Å². The molecule has 100 valence electrons. The zero-order chi connectivity index (χ0) is 13.8. The summed E-state index contributed by atoms with van der Waals surface area (Å²) in [6.45, 7) is 3.05. The molecule has 2 aromatic carbocycles. The number of aromatic nitrogens is 3. The molecule has 0 fully saturated rings. The highest BCUT2D eigenvalue weighted by molar-refractivity contribution is 5.68. The average Bonchev–Trinajstić information content (AvgIpc) is 2.97. The fourth-order valence-electron chi connectivity index (χ4n) is 2.23. The van der Waals surface area contributed by atoms with Crippen molar-refractivity contribution in [3.63, 3.8) is 0 Å². The third-order valence-electron chi connectivity index (χ3n) is 3.28. The van der Waals surface area contributed by atoms with Gasteiger partial charge < -0.3 is 0 Å². The molecule has 0 bridgehead atoms. The summed E-state index contributed by atoms with van der Waals surface area (Å²) in [6, 6.07) is 18.8. The third kappa shape index (κ3) is 2.62. The molecular weight excluding hydrogens is 246 g/mol. The summed E-state index contributed by atoms with van der Waals surface area (Å²) < 4.78 is 1.89. The van der Waals surface area contributed by atoms with E-state index in [1.807, 2.05) is 16.9 Å². The molecule has 0 saturated carbocycles. The van der Waals surface area contributed by atoms with Crippen LogP contribution in [0.5, 0.6) is 0 Å². The van der Waals surface area contributed by atoms with Gasteiger partial charge in [-0.05, 0) is 17.5 Å². The molecule has 3 aromatic rings. The quantitative estimate of drug-likeness (QED) is 0.711. The van der Waals surface area contributed by atoms with Crippen molar-refractivity contribution >= 4 is 0 Å². The van der Waals surface area contributed by atoms with Gasteiger partial charge in [0, 0.05) is 12.1 Å². The van der Waals surface area contributed by atoms with Crippen LogP contribution in [0.4, 0.5) is 0 Å². The predicted molar refractivity (Wildman–Crippen MR) is 81.2 cm³/mol. The van der Waals surface area contributed by atoms with Gasteiger partial charge in [-0.1, -0.05) is 66.7 Å². The Balaban J connectivity index is 1.85. The van der Waals surface area contributed by atoms with Crippen LogP contribution in [0.2, 0.25) is 0 Å². The SMILES string of the molecule is CCCn1cc(-c2ccc(-c3ccccc3)cc2)nn1. The minimum absolute atomic E-state index is 0.912. The summed E-state index contributed by atoms with van der Waals surface area (Å²) in [6.07, 6.45) is 3.07. The molecule has 20 heavy (non-hydrogen) atoms. The molecule has 0 spiro atoms. The Kier molecular flexibility index (Phi) is 3.59. The normalized spacial score (nSPS) is 10.7. The lowest BCUT2D eigenvalue weighted by Gasteiger charge is -2.02. The first-order valence-electron chi connectivity index (χ1n) is 6.93. The van der Waals surface area contributed by atoms with Gasteiger partial charge in [-0.3, -0.25) is 4.68 Å². The van der Waals surface area contributed by atoms with Crippen LogP contribution in [0.15, 0.2) is 60.8 Å². The van der Waals surface area contributed by atoms with E-state index in [0.717, 1.165) is 24.2 Å². The highest BCUT2D eigenvalue weighted by atomic mass is 15.4. The highest BCUT2D eigenvalue weighted by Crippen LogP contribution is 2.23. The number of hydrogen-bond donors (Lipinski definition) is 0. The van der Waals surface area contributed by atoms with Gasteiger partial charge in [0.15, 0.2) is 0 Å². The van der Waals surface area contributed by atoms with Gasteiger partial charge in [0.1, 0.15) is 5.69 Å². The second-order valence-electron chi connectivity index (χ2n) is 4.81. The molecule has 1 heterocycles. The van der Waals surface area contributed by atoms with Crippen LogP contribution in [0.1, 0.15) is 13.3 Å². The summed E-state index contributed by atoms with van der Waals surface area (Å²) in [4.78, 5) is 0.